The molecule has 1 aromatic heterocycles. The number of amides is 1. The van der Waals surface area contributed by atoms with Gasteiger partial charge in [-0.25, -0.2) is 9.67 Å². The van der Waals surface area contributed by atoms with Crippen LogP contribution in [0.15, 0.2) is 24.3 Å². The summed E-state index contributed by atoms with van der Waals surface area (Å²) in [7, 11) is 0. The van der Waals surface area contributed by atoms with Crippen LogP contribution in [0, 0.1) is 13.8 Å². The highest BCUT2D eigenvalue weighted by Crippen LogP contribution is 2.24. The molecule has 1 aliphatic rings. The van der Waals surface area contributed by atoms with Crippen LogP contribution in [-0.2, 0) is 4.79 Å². The molecule has 1 aromatic carbocycles. The molecule has 1 fully saturated rings. The van der Waals surface area contributed by atoms with Crippen molar-refractivity contribution in [1.29, 1.82) is 0 Å². The van der Waals surface area contributed by atoms with E-state index in [1.54, 1.807) is 36.1 Å². The second-order valence-electron chi connectivity index (χ2n) is 6.39. The van der Waals surface area contributed by atoms with Crippen LogP contribution in [0.4, 0.5) is 0 Å². The van der Waals surface area contributed by atoms with Crippen molar-refractivity contribution in [1.82, 2.24) is 19.7 Å². The van der Waals surface area contributed by atoms with E-state index in [1.807, 2.05) is 18.5 Å². The molecule has 3 rings (SSSR count). The van der Waals surface area contributed by atoms with Crippen LogP contribution >= 0.6 is 0 Å². The van der Waals surface area contributed by atoms with E-state index in [0.717, 1.165) is 11.6 Å². The average molecular weight is 342 g/mol. The first-order valence-corrected chi connectivity index (χ1v) is 8.31. The molecule has 0 N–H and O–H groups in total. The number of aryl methyl sites for hydroxylation is 2. The maximum absolute atomic E-state index is 12.5. The highest BCUT2D eigenvalue weighted by atomic mass is 16.5. The molecule has 0 saturated carbocycles. The van der Waals surface area contributed by atoms with E-state index >= 15 is 0 Å². The number of ketones is 1. The Kier molecular flexibility index (Phi) is 4.57. The zero-order chi connectivity index (χ0) is 18.1. The van der Waals surface area contributed by atoms with Crippen LogP contribution in [0.2, 0.25) is 0 Å². The van der Waals surface area contributed by atoms with E-state index in [-0.39, 0.29) is 17.7 Å². The number of aromatic nitrogens is 3. The molecule has 7 heteroatoms. The Labute approximate surface area is 146 Å². The van der Waals surface area contributed by atoms with Crippen molar-refractivity contribution in [3.8, 4) is 5.75 Å². The second kappa shape index (κ2) is 6.66. The zero-order valence-electron chi connectivity index (χ0n) is 14.9. The summed E-state index contributed by atoms with van der Waals surface area (Å²) in [4.78, 5) is 30.0. The summed E-state index contributed by atoms with van der Waals surface area (Å²) in [5.74, 6) is 2.02. The molecule has 2 heterocycles. The highest BCUT2D eigenvalue weighted by Gasteiger charge is 2.36. The van der Waals surface area contributed by atoms with Crippen LogP contribution in [0.5, 0.6) is 5.75 Å². The lowest BCUT2D eigenvalue weighted by Crippen LogP contribution is -2.54. The number of carbonyl (C=O) groups excluding carboxylic acids is 2. The summed E-state index contributed by atoms with van der Waals surface area (Å²) in [6.07, 6.45) is -0.610. The largest absolute Gasteiger partial charge is 0.481 e. The SMILES string of the molecule is CC(=O)c1cccc(O[C@@H](C)C(=O)N2CC(n3nc(C)nc3C)C2)c1. The quantitative estimate of drug-likeness (QED) is 0.776. The molecule has 0 spiro atoms. The predicted octanol–water partition coefficient (Wildman–Crippen LogP) is 1.95. The number of hydrogen-bond donors (Lipinski definition) is 0. The van der Waals surface area contributed by atoms with Gasteiger partial charge in [-0.3, -0.25) is 9.59 Å². The van der Waals surface area contributed by atoms with Gasteiger partial charge in [-0.2, -0.15) is 5.10 Å². The molecule has 25 heavy (non-hydrogen) atoms. The maximum atomic E-state index is 12.5. The first-order valence-electron chi connectivity index (χ1n) is 8.31. The molecule has 1 aliphatic heterocycles. The third-order valence-corrected chi connectivity index (χ3v) is 4.33. The Hall–Kier alpha value is -2.70. The number of carbonyl (C=O) groups is 2. The smallest absolute Gasteiger partial charge is 0.263 e. The Morgan fingerprint density at radius 3 is 2.60 bits per heavy atom. The number of rotatable bonds is 5. The number of nitrogens with zero attached hydrogens (tertiary/aromatic N) is 4. The van der Waals surface area contributed by atoms with Gasteiger partial charge in [0.25, 0.3) is 5.91 Å². The summed E-state index contributed by atoms with van der Waals surface area (Å²) in [5.41, 5.74) is 0.568. The third-order valence-electron chi connectivity index (χ3n) is 4.33. The number of likely N-dealkylation sites (tertiary alicyclic amines) is 1. The minimum Gasteiger partial charge on any atom is -0.481 e. The molecule has 0 bridgehead atoms. The third kappa shape index (κ3) is 3.55. The molecular weight excluding hydrogens is 320 g/mol. The molecule has 2 aromatic rings. The van der Waals surface area contributed by atoms with E-state index in [4.69, 9.17) is 4.74 Å². The molecule has 1 atom stereocenters. The fourth-order valence-corrected chi connectivity index (χ4v) is 2.97. The van der Waals surface area contributed by atoms with Crippen LogP contribution < -0.4 is 4.74 Å². The van der Waals surface area contributed by atoms with E-state index in [0.29, 0.717) is 24.4 Å². The predicted molar refractivity (Wildman–Crippen MR) is 91.6 cm³/mol. The molecule has 7 nitrogen and oxygen atoms in total. The van der Waals surface area contributed by atoms with Gasteiger partial charge in [0.1, 0.15) is 17.4 Å². The maximum Gasteiger partial charge on any atom is 0.263 e. The minimum atomic E-state index is -0.610. The van der Waals surface area contributed by atoms with Crippen LogP contribution in [0.1, 0.15) is 41.9 Å². The topological polar surface area (TPSA) is 77.3 Å². The van der Waals surface area contributed by atoms with Crippen LogP contribution in [-0.4, -0.2) is 50.5 Å². The van der Waals surface area contributed by atoms with Gasteiger partial charge in [-0.05, 0) is 39.8 Å². The molecule has 0 unspecified atom stereocenters. The van der Waals surface area contributed by atoms with Crippen molar-refractivity contribution in [2.75, 3.05) is 13.1 Å². The Morgan fingerprint density at radius 2 is 2.00 bits per heavy atom. The minimum absolute atomic E-state index is 0.0338. The normalized spacial score (nSPS) is 15.6. The standard InChI is InChI=1S/C18H22N4O3/c1-11(23)15-6-5-7-17(8-15)25-12(2)18(24)21-9-16(10-21)22-14(4)19-13(3)20-22/h5-8,12,16H,9-10H2,1-4H3/t12-/m0/s1. The Balaban J connectivity index is 1.58. The summed E-state index contributed by atoms with van der Waals surface area (Å²) >= 11 is 0. The van der Waals surface area contributed by atoms with Crippen molar-refractivity contribution in [2.45, 2.75) is 39.8 Å². The summed E-state index contributed by atoms with van der Waals surface area (Å²) < 4.78 is 7.59. The molecular formula is C18H22N4O3. The van der Waals surface area contributed by atoms with Gasteiger partial charge in [0.05, 0.1) is 6.04 Å². The highest BCUT2D eigenvalue weighted by molar-refractivity contribution is 5.94. The summed E-state index contributed by atoms with van der Waals surface area (Å²) in [5, 5.41) is 4.37. The summed E-state index contributed by atoms with van der Waals surface area (Å²) in [6.45, 7) is 8.20. The molecule has 132 valence electrons. The lowest BCUT2D eigenvalue weighted by molar-refractivity contribution is -0.144. The van der Waals surface area contributed by atoms with Crippen LogP contribution in [0.25, 0.3) is 0 Å². The van der Waals surface area contributed by atoms with E-state index in [2.05, 4.69) is 10.1 Å². The lowest BCUT2D eigenvalue weighted by atomic mass is 10.1. The number of ether oxygens (including phenoxy) is 1. The van der Waals surface area contributed by atoms with Gasteiger partial charge in [0.15, 0.2) is 11.9 Å². The number of benzene rings is 1. The van der Waals surface area contributed by atoms with Crippen molar-refractivity contribution < 1.29 is 14.3 Å². The molecule has 0 aliphatic carbocycles. The van der Waals surface area contributed by atoms with Crippen molar-refractivity contribution in [3.63, 3.8) is 0 Å². The van der Waals surface area contributed by atoms with E-state index in [9.17, 15) is 9.59 Å². The number of hydrogen-bond acceptors (Lipinski definition) is 5. The fraction of sp³-hybridized carbons (Fsp3) is 0.444. The van der Waals surface area contributed by atoms with Gasteiger partial charge in [-0.1, -0.05) is 12.1 Å². The van der Waals surface area contributed by atoms with Gasteiger partial charge in [0.2, 0.25) is 0 Å². The summed E-state index contributed by atoms with van der Waals surface area (Å²) in [6, 6.07) is 7.05. The monoisotopic (exact) mass is 342 g/mol. The van der Waals surface area contributed by atoms with Gasteiger partial charge < -0.3 is 9.64 Å². The van der Waals surface area contributed by atoms with Crippen molar-refractivity contribution in [3.05, 3.63) is 41.5 Å². The zero-order valence-corrected chi connectivity index (χ0v) is 14.9. The average Bonchev–Trinajstić information content (AvgIpc) is 2.84. The first kappa shape index (κ1) is 17.1. The first-order chi connectivity index (χ1) is 11.8. The Bertz CT molecular complexity index is 808. The van der Waals surface area contributed by atoms with Crippen molar-refractivity contribution in [2.24, 2.45) is 0 Å². The van der Waals surface area contributed by atoms with Gasteiger partial charge >= 0.3 is 0 Å². The van der Waals surface area contributed by atoms with E-state index < -0.39 is 6.10 Å². The molecule has 1 amide bonds. The molecule has 1 saturated heterocycles. The lowest BCUT2D eigenvalue weighted by Gasteiger charge is -2.40. The van der Waals surface area contributed by atoms with Crippen LogP contribution in [0.3, 0.4) is 0 Å². The van der Waals surface area contributed by atoms with E-state index in [1.165, 1.54) is 6.92 Å². The fourth-order valence-electron chi connectivity index (χ4n) is 2.97. The molecule has 0 radical (unpaired) electrons. The van der Waals surface area contributed by atoms with Gasteiger partial charge in [0, 0.05) is 18.7 Å². The van der Waals surface area contributed by atoms with Crippen molar-refractivity contribution >= 4 is 11.7 Å². The number of Topliss-reactive ketones (excluding diaryl/α,β-unsaturated/α-hetero) is 1. The Morgan fingerprint density at radius 1 is 1.28 bits per heavy atom. The second-order valence-corrected chi connectivity index (χ2v) is 6.39. The van der Waals surface area contributed by atoms with Gasteiger partial charge in [-0.15, -0.1) is 0 Å².